The Hall–Kier alpha value is -0.810. The lowest BCUT2D eigenvalue weighted by atomic mass is 10.0. The highest BCUT2D eigenvalue weighted by Crippen LogP contribution is 2.08. The Morgan fingerprint density at radius 1 is 1.09 bits per heavy atom. The van der Waals surface area contributed by atoms with Gasteiger partial charge in [-0.05, 0) is 19.4 Å². The first-order chi connectivity index (χ1) is 10.3. The van der Waals surface area contributed by atoms with Gasteiger partial charge in [0.2, 0.25) is 5.91 Å². The van der Waals surface area contributed by atoms with Crippen molar-refractivity contribution < 1.29 is 30.3 Å². The number of unbranched alkanes of at least 4 members (excludes halogenated alkanes) is 1. The van der Waals surface area contributed by atoms with E-state index in [2.05, 4.69) is 0 Å². The molecule has 0 spiro atoms. The van der Waals surface area contributed by atoms with Crippen LogP contribution in [0.15, 0.2) is 0 Å². The molecule has 0 aliphatic heterocycles. The third-order valence-electron chi connectivity index (χ3n) is 3.45. The Morgan fingerprint density at radius 3 is 2.14 bits per heavy atom. The minimum atomic E-state index is -1.72. The van der Waals surface area contributed by atoms with Crippen LogP contribution in [-0.4, -0.2) is 93.5 Å². The first kappa shape index (κ1) is 21.2. The Labute approximate surface area is 130 Å². The molecule has 4 unspecified atom stereocenters. The van der Waals surface area contributed by atoms with Crippen LogP contribution < -0.4 is 11.5 Å². The number of amides is 1. The van der Waals surface area contributed by atoms with E-state index in [1.54, 1.807) is 0 Å². The molecule has 0 radical (unpaired) electrons. The van der Waals surface area contributed by atoms with Gasteiger partial charge in [0.15, 0.2) is 0 Å². The van der Waals surface area contributed by atoms with Gasteiger partial charge in [0.25, 0.3) is 0 Å². The summed E-state index contributed by atoms with van der Waals surface area (Å²) in [5, 5.41) is 46.9. The van der Waals surface area contributed by atoms with Crippen molar-refractivity contribution in [3.8, 4) is 0 Å². The summed E-state index contributed by atoms with van der Waals surface area (Å²) in [5.41, 5.74) is 11.1. The van der Waals surface area contributed by atoms with Gasteiger partial charge >= 0.3 is 0 Å². The summed E-state index contributed by atoms with van der Waals surface area (Å²) in [6, 6.07) is -0.728. The van der Waals surface area contributed by atoms with Crippen LogP contribution in [0, 0.1) is 0 Å². The molecule has 1 amide bonds. The fourth-order valence-electron chi connectivity index (χ4n) is 1.96. The molecular formula is C13H29N3O6. The topological polar surface area (TPSA) is 174 Å². The standard InChI is InChI=1S/C13H29N3O6/c1-16(13(22)8(15)4-2-3-5-14)6-9(18)11(20)12(21)10(19)7-17/h8-12,17-21H,2-7,14-15H2,1H3/t8-,9?,10?,11?,12?/m0/s1. The molecule has 0 bridgehead atoms. The number of aliphatic hydroxyl groups is 5. The van der Waals surface area contributed by atoms with Crippen LogP contribution in [0.1, 0.15) is 19.3 Å². The molecule has 0 aromatic rings. The quantitative estimate of drug-likeness (QED) is 0.190. The third kappa shape index (κ3) is 6.97. The van der Waals surface area contributed by atoms with Crippen molar-refractivity contribution in [2.75, 3.05) is 26.7 Å². The molecular weight excluding hydrogens is 294 g/mol. The molecule has 0 aromatic carbocycles. The van der Waals surface area contributed by atoms with E-state index >= 15 is 0 Å². The number of hydrogen-bond donors (Lipinski definition) is 7. The molecule has 0 saturated heterocycles. The Morgan fingerprint density at radius 2 is 1.64 bits per heavy atom. The lowest BCUT2D eigenvalue weighted by Crippen LogP contribution is -2.51. The first-order valence-electron chi connectivity index (χ1n) is 7.30. The predicted molar refractivity (Wildman–Crippen MR) is 79.6 cm³/mol. The molecule has 5 atom stereocenters. The number of carbonyl (C=O) groups excluding carboxylic acids is 1. The highest BCUT2D eigenvalue weighted by atomic mass is 16.4. The van der Waals surface area contributed by atoms with E-state index in [4.69, 9.17) is 16.6 Å². The predicted octanol–water partition coefficient (Wildman–Crippen LogP) is -3.66. The first-order valence-corrected chi connectivity index (χ1v) is 7.30. The molecule has 132 valence electrons. The van der Waals surface area contributed by atoms with Crippen LogP contribution in [0.4, 0.5) is 0 Å². The van der Waals surface area contributed by atoms with Crippen LogP contribution in [0.2, 0.25) is 0 Å². The summed E-state index contributed by atoms with van der Waals surface area (Å²) < 4.78 is 0. The maximum atomic E-state index is 12.0. The van der Waals surface area contributed by atoms with E-state index in [1.165, 1.54) is 7.05 Å². The second-order valence-electron chi connectivity index (χ2n) is 5.41. The van der Waals surface area contributed by atoms with Crippen LogP contribution in [-0.2, 0) is 4.79 Å². The maximum Gasteiger partial charge on any atom is 0.239 e. The highest BCUT2D eigenvalue weighted by Gasteiger charge is 2.31. The van der Waals surface area contributed by atoms with Crippen LogP contribution in [0.3, 0.4) is 0 Å². The Bertz CT molecular complexity index is 320. The van der Waals surface area contributed by atoms with Crippen molar-refractivity contribution in [3.63, 3.8) is 0 Å². The van der Waals surface area contributed by atoms with Gasteiger partial charge in [-0.3, -0.25) is 4.79 Å². The van der Waals surface area contributed by atoms with Gasteiger partial charge in [-0.15, -0.1) is 0 Å². The van der Waals surface area contributed by atoms with E-state index in [9.17, 15) is 25.2 Å². The van der Waals surface area contributed by atoms with Crippen LogP contribution in [0.5, 0.6) is 0 Å². The zero-order valence-corrected chi connectivity index (χ0v) is 12.9. The fraction of sp³-hybridized carbons (Fsp3) is 0.923. The van der Waals surface area contributed by atoms with Crippen molar-refractivity contribution >= 4 is 5.91 Å². The van der Waals surface area contributed by atoms with Gasteiger partial charge in [0.1, 0.15) is 24.4 Å². The third-order valence-corrected chi connectivity index (χ3v) is 3.45. The zero-order chi connectivity index (χ0) is 17.3. The number of rotatable bonds is 11. The minimum Gasteiger partial charge on any atom is -0.394 e. The second kappa shape index (κ2) is 10.8. The van der Waals surface area contributed by atoms with Gasteiger partial charge in [0.05, 0.1) is 12.6 Å². The molecule has 9 N–H and O–H groups in total. The van der Waals surface area contributed by atoms with E-state index in [1.807, 2.05) is 0 Å². The Kier molecular flexibility index (Phi) is 10.4. The molecule has 0 aliphatic carbocycles. The van der Waals surface area contributed by atoms with Crippen molar-refractivity contribution in [2.45, 2.75) is 49.7 Å². The normalized spacial score (nSPS) is 18.4. The summed E-state index contributed by atoms with van der Waals surface area (Å²) in [6.45, 7) is -0.502. The molecule has 0 fully saturated rings. The largest absolute Gasteiger partial charge is 0.394 e. The summed E-state index contributed by atoms with van der Waals surface area (Å²) in [6.07, 6.45) is -4.55. The minimum absolute atomic E-state index is 0.264. The average Bonchev–Trinajstić information content (AvgIpc) is 2.51. The lowest BCUT2D eigenvalue weighted by molar-refractivity contribution is -0.139. The maximum absolute atomic E-state index is 12.0. The number of nitrogens with zero attached hydrogens (tertiary/aromatic N) is 1. The monoisotopic (exact) mass is 323 g/mol. The smallest absolute Gasteiger partial charge is 0.239 e. The van der Waals surface area contributed by atoms with Gasteiger partial charge in [-0.1, -0.05) is 6.42 Å². The summed E-state index contributed by atoms with van der Waals surface area (Å²) in [4.78, 5) is 13.1. The molecule has 22 heavy (non-hydrogen) atoms. The average molecular weight is 323 g/mol. The van der Waals surface area contributed by atoms with E-state index in [0.717, 1.165) is 11.3 Å². The van der Waals surface area contributed by atoms with E-state index < -0.39 is 43.0 Å². The van der Waals surface area contributed by atoms with Crippen molar-refractivity contribution in [3.05, 3.63) is 0 Å². The highest BCUT2D eigenvalue weighted by molar-refractivity contribution is 5.81. The number of likely N-dealkylation sites (N-methyl/N-ethyl adjacent to an activating group) is 1. The number of nitrogens with two attached hydrogens (primary N) is 2. The van der Waals surface area contributed by atoms with Gasteiger partial charge in [-0.2, -0.15) is 0 Å². The zero-order valence-electron chi connectivity index (χ0n) is 12.9. The van der Waals surface area contributed by atoms with Crippen molar-refractivity contribution in [1.29, 1.82) is 0 Å². The number of hydrogen-bond acceptors (Lipinski definition) is 8. The Balaban J connectivity index is 4.38. The van der Waals surface area contributed by atoms with Gasteiger partial charge in [-0.25, -0.2) is 0 Å². The molecule has 0 saturated carbocycles. The lowest BCUT2D eigenvalue weighted by Gasteiger charge is -2.29. The molecule has 0 heterocycles. The summed E-state index contributed by atoms with van der Waals surface area (Å²) in [5.74, 6) is -0.402. The molecule has 0 rings (SSSR count). The van der Waals surface area contributed by atoms with Crippen molar-refractivity contribution in [2.24, 2.45) is 11.5 Å². The summed E-state index contributed by atoms with van der Waals surface area (Å²) in [7, 11) is 1.41. The van der Waals surface area contributed by atoms with Crippen LogP contribution in [0.25, 0.3) is 0 Å². The molecule has 9 heteroatoms. The molecule has 0 aliphatic rings. The van der Waals surface area contributed by atoms with Gasteiger partial charge in [0, 0.05) is 13.6 Å². The second-order valence-corrected chi connectivity index (χ2v) is 5.41. The number of carbonyl (C=O) groups is 1. The SMILES string of the molecule is CN(CC(O)C(O)C(O)C(O)CO)C(=O)[C@@H](N)CCCCN. The van der Waals surface area contributed by atoms with E-state index in [-0.39, 0.29) is 6.54 Å². The van der Waals surface area contributed by atoms with Crippen LogP contribution >= 0.6 is 0 Å². The number of aliphatic hydroxyl groups excluding tert-OH is 5. The molecule has 0 aromatic heterocycles. The fourth-order valence-corrected chi connectivity index (χ4v) is 1.96. The van der Waals surface area contributed by atoms with Crippen molar-refractivity contribution in [1.82, 2.24) is 4.90 Å². The summed E-state index contributed by atoms with van der Waals surface area (Å²) >= 11 is 0. The van der Waals surface area contributed by atoms with E-state index in [0.29, 0.717) is 19.4 Å². The molecule has 9 nitrogen and oxygen atoms in total. The van der Waals surface area contributed by atoms with Gasteiger partial charge < -0.3 is 41.9 Å².